The SMILES string of the molecule is O=C(O)C=CC=C(c1ccccc1)c1ccc(S(=O)(=O)C(F)(F)F)cc1. The van der Waals surface area contributed by atoms with Crippen LogP contribution in [-0.2, 0) is 14.6 Å². The second kappa shape index (κ2) is 7.57. The lowest BCUT2D eigenvalue weighted by Gasteiger charge is -2.11. The topological polar surface area (TPSA) is 71.4 Å². The molecule has 0 heterocycles. The van der Waals surface area contributed by atoms with Gasteiger partial charge in [0.05, 0.1) is 4.90 Å². The lowest BCUT2D eigenvalue weighted by atomic mass is 9.97. The fraction of sp³-hybridized carbons (Fsp3) is 0.0556. The quantitative estimate of drug-likeness (QED) is 0.626. The Morgan fingerprint density at radius 1 is 0.923 bits per heavy atom. The van der Waals surface area contributed by atoms with E-state index in [2.05, 4.69) is 0 Å². The van der Waals surface area contributed by atoms with Crippen LogP contribution in [0.25, 0.3) is 5.57 Å². The second-order valence-electron chi connectivity index (χ2n) is 5.12. The zero-order valence-corrected chi connectivity index (χ0v) is 14.0. The maximum Gasteiger partial charge on any atom is 0.501 e. The average Bonchev–Trinajstić information content (AvgIpc) is 2.58. The summed E-state index contributed by atoms with van der Waals surface area (Å²) in [5, 5.41) is 8.68. The number of halogens is 3. The van der Waals surface area contributed by atoms with Gasteiger partial charge in [0, 0.05) is 6.08 Å². The molecule has 1 N–H and O–H groups in total. The zero-order chi connectivity index (χ0) is 19.4. The second-order valence-corrected chi connectivity index (χ2v) is 7.06. The third-order valence-corrected chi connectivity index (χ3v) is 4.87. The molecule has 0 fully saturated rings. The normalized spacial score (nSPS) is 13.1. The predicted octanol–water partition coefficient (Wildman–Crippen LogP) is 4.05. The van der Waals surface area contributed by atoms with Crippen molar-refractivity contribution in [2.45, 2.75) is 10.4 Å². The largest absolute Gasteiger partial charge is 0.501 e. The Balaban J connectivity index is 2.49. The summed E-state index contributed by atoms with van der Waals surface area (Å²) >= 11 is 0. The Bertz CT molecular complexity index is 942. The molecule has 0 atom stereocenters. The molecule has 4 nitrogen and oxygen atoms in total. The minimum atomic E-state index is -5.42. The summed E-state index contributed by atoms with van der Waals surface area (Å²) in [6.45, 7) is 0. The highest BCUT2D eigenvalue weighted by Crippen LogP contribution is 2.31. The number of rotatable bonds is 5. The first-order valence-corrected chi connectivity index (χ1v) is 8.70. The van der Waals surface area contributed by atoms with Gasteiger partial charge in [0.25, 0.3) is 9.84 Å². The van der Waals surface area contributed by atoms with Crippen molar-refractivity contribution in [3.05, 3.63) is 84.0 Å². The van der Waals surface area contributed by atoms with Crippen LogP contribution in [-0.4, -0.2) is 25.0 Å². The van der Waals surface area contributed by atoms with E-state index in [1.54, 1.807) is 30.3 Å². The van der Waals surface area contributed by atoms with Gasteiger partial charge < -0.3 is 5.11 Å². The van der Waals surface area contributed by atoms with E-state index in [-0.39, 0.29) is 0 Å². The van der Waals surface area contributed by atoms with Crippen molar-refractivity contribution in [3.8, 4) is 0 Å². The molecule has 8 heteroatoms. The molecule has 0 aromatic heterocycles. The van der Waals surface area contributed by atoms with Gasteiger partial charge in [-0.05, 0) is 28.8 Å². The molecule has 0 aliphatic heterocycles. The number of aliphatic carboxylic acids is 1. The van der Waals surface area contributed by atoms with Crippen LogP contribution in [0.15, 0.2) is 77.7 Å². The van der Waals surface area contributed by atoms with E-state index in [1.807, 2.05) is 0 Å². The summed E-state index contributed by atoms with van der Waals surface area (Å²) in [5.74, 6) is -1.15. The minimum absolute atomic E-state index is 0.437. The highest BCUT2D eigenvalue weighted by molar-refractivity contribution is 7.92. The lowest BCUT2D eigenvalue weighted by Crippen LogP contribution is -2.23. The molecular formula is C18H13F3O4S. The van der Waals surface area contributed by atoms with Crippen LogP contribution in [0.2, 0.25) is 0 Å². The van der Waals surface area contributed by atoms with Crippen LogP contribution in [0.3, 0.4) is 0 Å². The van der Waals surface area contributed by atoms with Crippen molar-refractivity contribution in [2.75, 3.05) is 0 Å². The van der Waals surface area contributed by atoms with Crippen molar-refractivity contribution >= 4 is 21.4 Å². The van der Waals surface area contributed by atoms with E-state index >= 15 is 0 Å². The van der Waals surface area contributed by atoms with Gasteiger partial charge in [0.15, 0.2) is 0 Å². The summed E-state index contributed by atoms with van der Waals surface area (Å²) in [5.41, 5.74) is -3.72. The van der Waals surface area contributed by atoms with Crippen molar-refractivity contribution in [1.29, 1.82) is 0 Å². The van der Waals surface area contributed by atoms with E-state index in [0.29, 0.717) is 16.7 Å². The van der Waals surface area contributed by atoms with Crippen LogP contribution in [0.4, 0.5) is 13.2 Å². The Kier molecular flexibility index (Phi) is 5.66. The standard InChI is InChI=1S/C18H13F3O4S/c19-18(20,21)26(24,25)15-11-9-14(10-12-15)16(7-4-8-17(22)23)13-5-2-1-3-6-13/h1-12H,(H,22,23). The number of sulfone groups is 1. The van der Waals surface area contributed by atoms with Crippen molar-refractivity contribution in [2.24, 2.45) is 0 Å². The molecule has 0 saturated carbocycles. The summed E-state index contributed by atoms with van der Waals surface area (Å²) in [4.78, 5) is 9.75. The molecule has 0 saturated heterocycles. The van der Waals surface area contributed by atoms with Gasteiger partial charge >= 0.3 is 11.5 Å². The van der Waals surface area contributed by atoms with Crippen molar-refractivity contribution in [1.82, 2.24) is 0 Å². The van der Waals surface area contributed by atoms with Crippen LogP contribution in [0, 0.1) is 0 Å². The molecule has 0 amide bonds. The monoisotopic (exact) mass is 382 g/mol. The predicted molar refractivity (Wildman–Crippen MR) is 90.0 cm³/mol. The maximum absolute atomic E-state index is 12.6. The van der Waals surface area contributed by atoms with Gasteiger partial charge in [-0.25, -0.2) is 13.2 Å². The summed E-state index contributed by atoms with van der Waals surface area (Å²) < 4.78 is 60.7. The van der Waals surface area contributed by atoms with E-state index < -0.39 is 26.2 Å². The molecule has 0 aliphatic rings. The number of allylic oxidation sites excluding steroid dienone is 2. The lowest BCUT2D eigenvalue weighted by molar-refractivity contribution is -0.131. The van der Waals surface area contributed by atoms with Crippen LogP contribution in [0.1, 0.15) is 11.1 Å². The zero-order valence-electron chi connectivity index (χ0n) is 13.1. The fourth-order valence-corrected chi connectivity index (χ4v) is 2.91. The van der Waals surface area contributed by atoms with Gasteiger partial charge in [0.1, 0.15) is 0 Å². The number of hydrogen-bond donors (Lipinski definition) is 1. The highest BCUT2D eigenvalue weighted by Gasteiger charge is 2.46. The van der Waals surface area contributed by atoms with Crippen LogP contribution < -0.4 is 0 Å². The first-order valence-electron chi connectivity index (χ1n) is 7.21. The van der Waals surface area contributed by atoms with Crippen molar-refractivity contribution in [3.63, 3.8) is 0 Å². The highest BCUT2D eigenvalue weighted by atomic mass is 32.2. The Hall–Kier alpha value is -2.87. The van der Waals surface area contributed by atoms with Crippen LogP contribution in [0.5, 0.6) is 0 Å². The molecule has 0 unspecified atom stereocenters. The van der Waals surface area contributed by atoms with E-state index in [0.717, 1.165) is 18.2 Å². The summed E-state index contributed by atoms with van der Waals surface area (Å²) in [7, 11) is -5.42. The first-order chi connectivity index (χ1) is 12.1. The Labute approximate surface area is 147 Å². The van der Waals surface area contributed by atoms with Gasteiger partial charge in [-0.2, -0.15) is 13.2 Å². The molecule has 26 heavy (non-hydrogen) atoms. The Morgan fingerprint density at radius 2 is 1.46 bits per heavy atom. The number of hydrogen-bond acceptors (Lipinski definition) is 3. The van der Waals surface area contributed by atoms with E-state index in [4.69, 9.17) is 5.11 Å². The maximum atomic E-state index is 12.6. The molecule has 0 bridgehead atoms. The molecule has 2 aromatic carbocycles. The molecule has 136 valence electrons. The molecular weight excluding hydrogens is 369 g/mol. The number of benzene rings is 2. The number of alkyl halides is 3. The minimum Gasteiger partial charge on any atom is -0.478 e. The molecule has 0 aliphatic carbocycles. The van der Waals surface area contributed by atoms with Crippen LogP contribution >= 0.6 is 0 Å². The first kappa shape index (κ1) is 19.5. The van der Waals surface area contributed by atoms with Crippen molar-refractivity contribution < 1.29 is 31.5 Å². The third kappa shape index (κ3) is 4.40. The number of carbonyl (C=O) groups is 1. The fourth-order valence-electron chi connectivity index (χ4n) is 2.15. The number of carboxylic acid groups (broad SMARTS) is 1. The summed E-state index contributed by atoms with van der Waals surface area (Å²) in [6, 6.07) is 13.0. The molecule has 0 spiro atoms. The Morgan fingerprint density at radius 3 is 1.96 bits per heavy atom. The number of carboxylic acids is 1. The van der Waals surface area contributed by atoms with Gasteiger partial charge in [-0.1, -0.05) is 54.6 Å². The van der Waals surface area contributed by atoms with E-state index in [1.165, 1.54) is 24.3 Å². The smallest absolute Gasteiger partial charge is 0.478 e. The van der Waals surface area contributed by atoms with Gasteiger partial charge in [-0.3, -0.25) is 0 Å². The molecule has 2 rings (SSSR count). The average molecular weight is 382 g/mol. The van der Waals surface area contributed by atoms with Gasteiger partial charge in [0.2, 0.25) is 0 Å². The molecule has 2 aromatic rings. The summed E-state index contributed by atoms with van der Waals surface area (Å²) in [6.07, 6.45) is 3.67. The van der Waals surface area contributed by atoms with Gasteiger partial charge in [-0.15, -0.1) is 0 Å². The molecule has 0 radical (unpaired) electrons. The van der Waals surface area contributed by atoms with E-state index in [9.17, 15) is 26.4 Å². The third-order valence-electron chi connectivity index (χ3n) is 3.37.